The third-order valence-corrected chi connectivity index (χ3v) is 6.04. The lowest BCUT2D eigenvalue weighted by molar-refractivity contribution is 0.102. The SMILES string of the molecule is CNCc1ccc(NC(=O)c2ccn3ncc(-c4ccc(N5CCNCC5)cc4)c3c2)cc1. The molecule has 7 heteroatoms. The first-order valence-corrected chi connectivity index (χ1v) is 11.3. The maximum atomic E-state index is 12.9. The molecule has 0 atom stereocenters. The minimum absolute atomic E-state index is 0.139. The summed E-state index contributed by atoms with van der Waals surface area (Å²) in [4.78, 5) is 15.3. The molecule has 0 unspecified atom stereocenters. The molecule has 0 aliphatic carbocycles. The number of rotatable bonds is 6. The van der Waals surface area contributed by atoms with Crippen molar-refractivity contribution in [2.24, 2.45) is 0 Å². The Labute approximate surface area is 193 Å². The number of fused-ring (bicyclic) bond motifs is 1. The fourth-order valence-corrected chi connectivity index (χ4v) is 4.23. The zero-order valence-corrected chi connectivity index (χ0v) is 18.7. The van der Waals surface area contributed by atoms with Gasteiger partial charge in [0.05, 0.1) is 11.7 Å². The molecule has 3 heterocycles. The highest BCUT2D eigenvalue weighted by atomic mass is 16.1. The van der Waals surface area contributed by atoms with E-state index >= 15 is 0 Å². The number of carbonyl (C=O) groups is 1. The van der Waals surface area contributed by atoms with Crippen LogP contribution in [0.2, 0.25) is 0 Å². The van der Waals surface area contributed by atoms with Gasteiger partial charge in [0.2, 0.25) is 0 Å². The molecule has 3 N–H and O–H groups in total. The minimum atomic E-state index is -0.139. The van der Waals surface area contributed by atoms with Gasteiger partial charge in [0, 0.05) is 61.4 Å². The Morgan fingerprint density at radius 3 is 2.52 bits per heavy atom. The predicted molar refractivity (Wildman–Crippen MR) is 133 cm³/mol. The van der Waals surface area contributed by atoms with Crippen molar-refractivity contribution in [1.29, 1.82) is 0 Å². The third-order valence-electron chi connectivity index (χ3n) is 6.04. The molecule has 0 spiro atoms. The molecule has 7 nitrogen and oxygen atoms in total. The molecule has 2 aromatic heterocycles. The second-order valence-corrected chi connectivity index (χ2v) is 8.27. The summed E-state index contributed by atoms with van der Waals surface area (Å²) in [5.41, 5.74) is 6.77. The Kier molecular flexibility index (Phi) is 6.06. The van der Waals surface area contributed by atoms with E-state index in [2.05, 4.69) is 50.2 Å². The monoisotopic (exact) mass is 440 g/mol. The summed E-state index contributed by atoms with van der Waals surface area (Å²) < 4.78 is 1.81. The number of carbonyl (C=O) groups excluding carboxylic acids is 1. The van der Waals surface area contributed by atoms with E-state index in [4.69, 9.17) is 0 Å². The number of benzene rings is 2. The number of aromatic nitrogens is 2. The van der Waals surface area contributed by atoms with Gasteiger partial charge >= 0.3 is 0 Å². The normalized spacial score (nSPS) is 13.9. The van der Waals surface area contributed by atoms with Gasteiger partial charge in [-0.2, -0.15) is 5.10 Å². The predicted octanol–water partition coefficient (Wildman–Crippen LogP) is 3.38. The summed E-state index contributed by atoms with van der Waals surface area (Å²) in [6.45, 7) is 4.87. The van der Waals surface area contributed by atoms with Crippen molar-refractivity contribution < 1.29 is 4.79 Å². The van der Waals surface area contributed by atoms with Crippen LogP contribution < -0.4 is 20.9 Å². The fraction of sp³-hybridized carbons (Fsp3) is 0.231. The van der Waals surface area contributed by atoms with Crippen LogP contribution in [0, 0.1) is 0 Å². The van der Waals surface area contributed by atoms with Crippen molar-refractivity contribution in [2.45, 2.75) is 6.54 Å². The number of anilines is 2. The van der Waals surface area contributed by atoms with Crippen molar-refractivity contribution in [3.8, 4) is 11.1 Å². The number of nitrogens with one attached hydrogen (secondary N) is 3. The van der Waals surface area contributed by atoms with Gasteiger partial charge in [-0.25, -0.2) is 4.52 Å². The topological polar surface area (TPSA) is 73.7 Å². The minimum Gasteiger partial charge on any atom is -0.369 e. The Morgan fingerprint density at radius 1 is 1.03 bits per heavy atom. The van der Waals surface area contributed by atoms with Crippen molar-refractivity contribution in [1.82, 2.24) is 20.2 Å². The molecule has 0 radical (unpaired) electrons. The number of piperazine rings is 1. The summed E-state index contributed by atoms with van der Waals surface area (Å²) in [7, 11) is 1.91. The van der Waals surface area contributed by atoms with E-state index < -0.39 is 0 Å². The Bertz CT molecular complexity index is 1240. The molecule has 0 bridgehead atoms. The first kappa shape index (κ1) is 21.2. The lowest BCUT2D eigenvalue weighted by Gasteiger charge is -2.29. The van der Waals surface area contributed by atoms with Gasteiger partial charge < -0.3 is 20.9 Å². The summed E-state index contributed by atoms with van der Waals surface area (Å²) in [6.07, 6.45) is 3.69. The van der Waals surface area contributed by atoms with E-state index in [1.165, 1.54) is 11.3 Å². The molecular weight excluding hydrogens is 412 g/mol. The van der Waals surface area contributed by atoms with E-state index in [1.807, 2.05) is 54.3 Å². The number of pyridine rings is 1. The van der Waals surface area contributed by atoms with Crippen molar-refractivity contribution in [2.75, 3.05) is 43.4 Å². The van der Waals surface area contributed by atoms with Gasteiger partial charge in [0.25, 0.3) is 5.91 Å². The molecule has 1 saturated heterocycles. The molecule has 1 fully saturated rings. The zero-order chi connectivity index (χ0) is 22.6. The van der Waals surface area contributed by atoms with Crippen LogP contribution in [0.3, 0.4) is 0 Å². The van der Waals surface area contributed by atoms with Crippen LogP contribution in [0.1, 0.15) is 15.9 Å². The number of nitrogens with zero attached hydrogens (tertiary/aromatic N) is 3. The summed E-state index contributed by atoms with van der Waals surface area (Å²) in [5, 5.41) is 14.0. The lowest BCUT2D eigenvalue weighted by Crippen LogP contribution is -2.43. The van der Waals surface area contributed by atoms with Crippen LogP contribution in [0.5, 0.6) is 0 Å². The van der Waals surface area contributed by atoms with Crippen LogP contribution in [0.4, 0.5) is 11.4 Å². The molecule has 2 aromatic carbocycles. The molecule has 1 amide bonds. The number of amides is 1. The maximum absolute atomic E-state index is 12.9. The van der Waals surface area contributed by atoms with Crippen molar-refractivity contribution in [3.63, 3.8) is 0 Å². The van der Waals surface area contributed by atoms with E-state index in [-0.39, 0.29) is 5.91 Å². The van der Waals surface area contributed by atoms with E-state index in [9.17, 15) is 4.79 Å². The van der Waals surface area contributed by atoms with Gasteiger partial charge in [-0.3, -0.25) is 4.79 Å². The molecule has 1 aliphatic heterocycles. The van der Waals surface area contributed by atoms with Crippen LogP contribution in [0.25, 0.3) is 16.6 Å². The molecule has 0 saturated carbocycles. The van der Waals surface area contributed by atoms with Crippen LogP contribution in [-0.2, 0) is 6.54 Å². The third kappa shape index (κ3) is 4.60. The van der Waals surface area contributed by atoms with Crippen LogP contribution in [0.15, 0.2) is 73.1 Å². The molecule has 4 aromatic rings. The van der Waals surface area contributed by atoms with Crippen molar-refractivity contribution in [3.05, 3.63) is 84.2 Å². The summed E-state index contributed by atoms with van der Waals surface area (Å²) in [5.74, 6) is -0.139. The smallest absolute Gasteiger partial charge is 0.255 e. The second kappa shape index (κ2) is 9.44. The average Bonchev–Trinajstić information content (AvgIpc) is 3.29. The quantitative estimate of drug-likeness (QED) is 0.429. The van der Waals surface area contributed by atoms with Gasteiger partial charge in [-0.05, 0) is 54.6 Å². The fourth-order valence-electron chi connectivity index (χ4n) is 4.23. The van der Waals surface area contributed by atoms with E-state index in [1.54, 1.807) is 6.07 Å². The molecule has 5 rings (SSSR count). The van der Waals surface area contributed by atoms with E-state index in [0.29, 0.717) is 5.56 Å². The Morgan fingerprint density at radius 2 is 1.79 bits per heavy atom. The average molecular weight is 441 g/mol. The van der Waals surface area contributed by atoms with Gasteiger partial charge in [0.15, 0.2) is 0 Å². The standard InChI is InChI=1S/C26H28N6O/c1-27-17-19-2-6-22(7-3-19)30-26(33)21-10-13-32-25(16-21)24(18-29-32)20-4-8-23(9-5-20)31-14-11-28-12-15-31/h2-10,13,16,18,27-28H,11-12,14-15,17H2,1H3,(H,30,33). The van der Waals surface area contributed by atoms with Gasteiger partial charge in [-0.15, -0.1) is 0 Å². The maximum Gasteiger partial charge on any atom is 0.255 e. The summed E-state index contributed by atoms with van der Waals surface area (Å²) >= 11 is 0. The van der Waals surface area contributed by atoms with Crippen LogP contribution in [-0.4, -0.2) is 48.7 Å². The summed E-state index contributed by atoms with van der Waals surface area (Å²) in [6, 6.07) is 20.2. The highest BCUT2D eigenvalue weighted by Crippen LogP contribution is 2.28. The molecule has 1 aliphatic rings. The Balaban J connectivity index is 1.36. The number of hydrogen-bond donors (Lipinski definition) is 3. The Hall–Kier alpha value is -3.68. The highest BCUT2D eigenvalue weighted by Gasteiger charge is 2.14. The first-order chi connectivity index (χ1) is 16.2. The molecule has 168 valence electrons. The van der Waals surface area contributed by atoms with Gasteiger partial charge in [-0.1, -0.05) is 24.3 Å². The van der Waals surface area contributed by atoms with Crippen LogP contribution >= 0.6 is 0 Å². The van der Waals surface area contributed by atoms with E-state index in [0.717, 1.165) is 55.1 Å². The lowest BCUT2D eigenvalue weighted by atomic mass is 10.1. The molecule has 33 heavy (non-hydrogen) atoms. The number of hydrogen-bond acceptors (Lipinski definition) is 5. The largest absolute Gasteiger partial charge is 0.369 e. The second-order valence-electron chi connectivity index (χ2n) is 8.27. The molecular formula is C26H28N6O. The van der Waals surface area contributed by atoms with Crippen molar-refractivity contribution >= 4 is 22.8 Å². The first-order valence-electron chi connectivity index (χ1n) is 11.3. The zero-order valence-electron chi connectivity index (χ0n) is 18.7. The van der Waals surface area contributed by atoms with Gasteiger partial charge in [0.1, 0.15) is 0 Å². The highest BCUT2D eigenvalue weighted by molar-refractivity contribution is 6.05.